The van der Waals surface area contributed by atoms with E-state index in [1.165, 1.54) is 38.5 Å². The second-order valence-electron chi connectivity index (χ2n) is 15.1. The highest BCUT2D eigenvalue weighted by atomic mass is 16.5. The molecule has 0 rings (SSSR count). The molecule has 0 radical (unpaired) electrons. The quantitative estimate of drug-likeness (QED) is 0.0249. The Morgan fingerprint density at radius 1 is 0.534 bits per heavy atom. The molecule has 3 N–H and O–H groups in total. The van der Waals surface area contributed by atoms with Crippen LogP contribution in [-0.4, -0.2) is 46.9 Å². The van der Waals surface area contributed by atoms with Crippen LogP contribution in [0.4, 0.5) is 0 Å². The van der Waals surface area contributed by atoms with Gasteiger partial charge in [-0.1, -0.05) is 194 Å². The highest BCUT2D eigenvalue weighted by molar-refractivity contribution is 5.77. The Hall–Kier alpha value is -3.48. The first-order valence-electron chi connectivity index (χ1n) is 23.1. The minimum Gasteiger partial charge on any atom is -0.462 e. The molecular formula is C52H85NO5. The van der Waals surface area contributed by atoms with Crippen LogP contribution in [0.15, 0.2) is 109 Å². The van der Waals surface area contributed by atoms with Gasteiger partial charge >= 0.3 is 5.97 Å². The Bertz CT molecular complexity index is 1220. The van der Waals surface area contributed by atoms with Crippen LogP contribution < -0.4 is 5.32 Å². The molecule has 0 aliphatic heterocycles. The largest absolute Gasteiger partial charge is 0.462 e. The number of esters is 1. The predicted octanol–water partition coefficient (Wildman–Crippen LogP) is 13.6. The van der Waals surface area contributed by atoms with E-state index in [1.807, 2.05) is 24.3 Å². The normalized spacial score (nSPS) is 14.4. The minimum atomic E-state index is -0.813. The summed E-state index contributed by atoms with van der Waals surface area (Å²) in [6.45, 7) is 6.16. The first-order valence-corrected chi connectivity index (χ1v) is 23.1. The van der Waals surface area contributed by atoms with Crippen LogP contribution in [-0.2, 0) is 14.3 Å². The summed E-state index contributed by atoms with van der Waals surface area (Å²) in [6, 6.07) is -0.732. The summed E-state index contributed by atoms with van der Waals surface area (Å²) < 4.78 is 5.84. The van der Waals surface area contributed by atoms with Gasteiger partial charge in [-0.05, 0) is 83.5 Å². The van der Waals surface area contributed by atoms with Crippen LogP contribution in [0.1, 0.15) is 181 Å². The van der Waals surface area contributed by atoms with Crippen molar-refractivity contribution in [3.8, 4) is 0 Å². The van der Waals surface area contributed by atoms with Crippen molar-refractivity contribution in [1.82, 2.24) is 5.32 Å². The maximum atomic E-state index is 13.1. The van der Waals surface area contributed by atoms with Gasteiger partial charge in [-0.2, -0.15) is 0 Å². The van der Waals surface area contributed by atoms with Gasteiger partial charge in [0.1, 0.15) is 6.10 Å². The molecule has 0 aromatic carbocycles. The van der Waals surface area contributed by atoms with Crippen LogP contribution in [0, 0.1) is 0 Å². The van der Waals surface area contributed by atoms with E-state index in [-0.39, 0.29) is 31.3 Å². The fourth-order valence-electron chi connectivity index (χ4n) is 6.22. The number of unbranched alkanes of at least 4 members (excludes halogenated alkanes) is 11. The summed E-state index contributed by atoms with van der Waals surface area (Å²) in [5.41, 5.74) is 0. The molecule has 0 aromatic rings. The molecule has 0 heterocycles. The molecule has 6 nitrogen and oxygen atoms in total. The maximum absolute atomic E-state index is 13.1. The third-order valence-corrected chi connectivity index (χ3v) is 9.67. The van der Waals surface area contributed by atoms with Crippen LogP contribution >= 0.6 is 0 Å². The zero-order valence-corrected chi connectivity index (χ0v) is 37.1. The Morgan fingerprint density at radius 3 is 1.57 bits per heavy atom. The van der Waals surface area contributed by atoms with Gasteiger partial charge in [0, 0.05) is 6.42 Å². The molecule has 0 aromatic heterocycles. The van der Waals surface area contributed by atoms with E-state index in [9.17, 15) is 19.8 Å². The van der Waals surface area contributed by atoms with E-state index in [2.05, 4.69) is 111 Å². The summed E-state index contributed by atoms with van der Waals surface area (Å²) in [5.74, 6) is -0.625. The Labute approximate surface area is 356 Å². The molecule has 1 amide bonds. The van der Waals surface area contributed by atoms with E-state index in [0.29, 0.717) is 19.3 Å². The van der Waals surface area contributed by atoms with E-state index in [0.717, 1.165) is 89.9 Å². The third-order valence-electron chi connectivity index (χ3n) is 9.67. The SMILES string of the molecule is CC/C=C\C/C=C\C/C=C\C/C=C\C/C=C\C/C=C\CCC(=O)OC(CCCCC\C=C/C=C/C=C/CC)CC(=O)NC(CO)C(O)CCCCCCCCCCC. The standard InChI is InChI=1S/C52H85NO5/c1-4-7-10-13-16-19-21-22-23-24-25-26-27-28-30-33-36-39-42-45-52(57)58-48(43-40-37-34-32-29-20-17-14-11-8-5-2)46-51(56)53-49(47-54)50(55)44-41-38-35-31-18-15-12-9-6-3/h7-8,10-11,14,16-17,19-20,22-23,25-26,28-30,36,39,48-50,54-55H,4-6,9,12-13,15,18,21,24,27,31-35,37-38,40-47H2,1-3H3,(H,53,56)/b10-7-,11-8+,17-14+,19-16-,23-22-,26-25-,29-20-,30-28-,39-36-. The Morgan fingerprint density at radius 2 is 1.02 bits per heavy atom. The molecule has 3 atom stereocenters. The van der Waals surface area contributed by atoms with E-state index in [1.54, 1.807) is 0 Å². The number of carbonyl (C=O) groups is 2. The number of amides is 1. The Kier molecular flexibility index (Phi) is 41.9. The smallest absolute Gasteiger partial charge is 0.306 e. The molecule has 0 aliphatic carbocycles. The Balaban J connectivity index is 4.74. The second-order valence-corrected chi connectivity index (χ2v) is 15.1. The zero-order valence-electron chi connectivity index (χ0n) is 37.1. The van der Waals surface area contributed by atoms with Gasteiger partial charge < -0.3 is 20.3 Å². The summed E-state index contributed by atoms with van der Waals surface area (Å²) in [6.07, 6.45) is 60.2. The topological polar surface area (TPSA) is 95.9 Å². The van der Waals surface area contributed by atoms with Gasteiger partial charge in [0.15, 0.2) is 0 Å². The van der Waals surface area contributed by atoms with Crippen molar-refractivity contribution in [3.05, 3.63) is 109 Å². The van der Waals surface area contributed by atoms with Crippen molar-refractivity contribution in [2.45, 2.75) is 200 Å². The fourth-order valence-corrected chi connectivity index (χ4v) is 6.22. The lowest BCUT2D eigenvalue weighted by Crippen LogP contribution is -2.46. The molecule has 0 saturated carbocycles. The number of carbonyl (C=O) groups excluding carboxylic acids is 2. The molecular weight excluding hydrogens is 719 g/mol. The maximum Gasteiger partial charge on any atom is 0.306 e. The second kappa shape index (κ2) is 44.6. The molecule has 0 saturated heterocycles. The van der Waals surface area contributed by atoms with Gasteiger partial charge in [-0.15, -0.1) is 0 Å². The number of aliphatic hydroxyl groups excluding tert-OH is 2. The summed E-state index contributed by atoms with van der Waals surface area (Å²) in [5, 5.41) is 23.5. The first kappa shape index (κ1) is 54.5. The van der Waals surface area contributed by atoms with Crippen molar-refractivity contribution in [3.63, 3.8) is 0 Å². The third kappa shape index (κ3) is 39.4. The van der Waals surface area contributed by atoms with Gasteiger partial charge in [0.05, 0.1) is 25.2 Å². The molecule has 0 aliphatic rings. The van der Waals surface area contributed by atoms with Crippen molar-refractivity contribution in [2.75, 3.05) is 6.61 Å². The predicted molar refractivity (Wildman–Crippen MR) is 250 cm³/mol. The van der Waals surface area contributed by atoms with Gasteiger partial charge in [-0.3, -0.25) is 9.59 Å². The number of nitrogens with one attached hydrogen (secondary N) is 1. The lowest BCUT2D eigenvalue weighted by Gasteiger charge is -2.24. The number of hydrogen-bond donors (Lipinski definition) is 3. The molecule has 0 bridgehead atoms. The molecule has 6 heteroatoms. The summed E-state index contributed by atoms with van der Waals surface area (Å²) in [4.78, 5) is 25.9. The van der Waals surface area contributed by atoms with Crippen LogP contribution in [0.25, 0.3) is 0 Å². The summed E-state index contributed by atoms with van der Waals surface area (Å²) in [7, 11) is 0. The van der Waals surface area contributed by atoms with Crippen molar-refractivity contribution in [2.24, 2.45) is 0 Å². The van der Waals surface area contributed by atoms with Crippen LogP contribution in [0.5, 0.6) is 0 Å². The lowest BCUT2D eigenvalue weighted by atomic mass is 10.0. The monoisotopic (exact) mass is 804 g/mol. The number of aliphatic hydroxyl groups is 2. The highest BCUT2D eigenvalue weighted by Gasteiger charge is 2.23. The number of hydrogen-bond acceptors (Lipinski definition) is 5. The average Bonchev–Trinajstić information content (AvgIpc) is 3.22. The molecule has 328 valence electrons. The van der Waals surface area contributed by atoms with Crippen molar-refractivity contribution in [1.29, 1.82) is 0 Å². The van der Waals surface area contributed by atoms with Crippen LogP contribution in [0.3, 0.4) is 0 Å². The van der Waals surface area contributed by atoms with Gasteiger partial charge in [0.2, 0.25) is 5.91 Å². The van der Waals surface area contributed by atoms with Crippen LogP contribution in [0.2, 0.25) is 0 Å². The lowest BCUT2D eigenvalue weighted by molar-refractivity contribution is -0.150. The molecule has 0 fully saturated rings. The average molecular weight is 804 g/mol. The minimum absolute atomic E-state index is 0.0167. The van der Waals surface area contributed by atoms with Crippen molar-refractivity contribution < 1.29 is 24.5 Å². The van der Waals surface area contributed by atoms with E-state index in [4.69, 9.17) is 4.74 Å². The van der Waals surface area contributed by atoms with E-state index >= 15 is 0 Å². The summed E-state index contributed by atoms with van der Waals surface area (Å²) >= 11 is 0. The number of rotatable bonds is 39. The number of allylic oxidation sites excluding steroid dienone is 18. The molecule has 0 spiro atoms. The van der Waals surface area contributed by atoms with Gasteiger partial charge in [-0.25, -0.2) is 0 Å². The van der Waals surface area contributed by atoms with E-state index < -0.39 is 18.2 Å². The fraction of sp³-hybridized carbons (Fsp3) is 0.615. The van der Waals surface area contributed by atoms with Crippen molar-refractivity contribution >= 4 is 11.9 Å². The highest BCUT2D eigenvalue weighted by Crippen LogP contribution is 2.16. The first-order chi connectivity index (χ1) is 28.5. The number of ether oxygens (including phenoxy) is 1. The van der Waals surface area contributed by atoms with Gasteiger partial charge in [0.25, 0.3) is 0 Å². The molecule has 58 heavy (non-hydrogen) atoms. The zero-order chi connectivity index (χ0) is 42.4. The molecule has 3 unspecified atom stereocenters.